The number of hydrogen-bond donors (Lipinski definition) is 0. The minimum Gasteiger partial charge on any atom is -0.392 e. The first-order chi connectivity index (χ1) is 5.33. The van der Waals surface area contributed by atoms with E-state index in [2.05, 4.69) is 19.0 Å². The molecule has 0 aliphatic carbocycles. The van der Waals surface area contributed by atoms with Crippen molar-refractivity contribution in [3.05, 3.63) is 0 Å². The first kappa shape index (κ1) is 8.57. The second-order valence-corrected chi connectivity index (χ2v) is 3.23. The molecular formula is C9H17NO. The van der Waals surface area contributed by atoms with Crippen molar-refractivity contribution in [1.29, 1.82) is 0 Å². The summed E-state index contributed by atoms with van der Waals surface area (Å²) in [5, 5.41) is 4.01. The summed E-state index contributed by atoms with van der Waals surface area (Å²) < 4.78 is 0. The number of hydrogen-bond acceptors (Lipinski definition) is 2. The van der Waals surface area contributed by atoms with Gasteiger partial charge in [-0.1, -0.05) is 24.9 Å². The molecule has 2 nitrogen and oxygen atoms in total. The van der Waals surface area contributed by atoms with Crippen LogP contribution in [0.5, 0.6) is 0 Å². The monoisotopic (exact) mass is 155 g/mol. The molecule has 0 bridgehead atoms. The summed E-state index contributed by atoms with van der Waals surface area (Å²) in [6, 6.07) is 0. The average molecular weight is 155 g/mol. The van der Waals surface area contributed by atoms with Crippen molar-refractivity contribution in [1.82, 2.24) is 0 Å². The molecule has 11 heavy (non-hydrogen) atoms. The highest BCUT2D eigenvalue weighted by molar-refractivity contribution is 5.85. The molecule has 0 radical (unpaired) electrons. The lowest BCUT2D eigenvalue weighted by Gasteiger charge is -1.97. The minimum absolute atomic E-state index is 0.326. The van der Waals surface area contributed by atoms with Gasteiger partial charge in [0.1, 0.15) is 6.10 Å². The molecule has 2 heteroatoms. The highest BCUT2D eigenvalue weighted by Crippen LogP contribution is 2.13. The van der Waals surface area contributed by atoms with E-state index in [9.17, 15) is 0 Å². The van der Waals surface area contributed by atoms with E-state index in [-0.39, 0.29) is 0 Å². The molecule has 1 unspecified atom stereocenters. The fourth-order valence-corrected chi connectivity index (χ4v) is 1.30. The zero-order chi connectivity index (χ0) is 8.10. The lowest BCUT2D eigenvalue weighted by atomic mass is 10.1. The standard InChI is InChI=1S/C9H17NO/c1-3-4-5-6-9-7-8(2)11-10-9/h8H,3-7H2,1-2H3. The molecule has 0 aromatic carbocycles. The molecule has 1 atom stereocenters. The van der Waals surface area contributed by atoms with Crippen LogP contribution in [0.15, 0.2) is 5.16 Å². The molecule has 1 heterocycles. The van der Waals surface area contributed by atoms with Crippen molar-refractivity contribution in [2.75, 3.05) is 0 Å². The summed E-state index contributed by atoms with van der Waals surface area (Å²) in [4.78, 5) is 5.08. The van der Waals surface area contributed by atoms with Gasteiger partial charge in [-0.3, -0.25) is 0 Å². The second kappa shape index (κ2) is 4.37. The van der Waals surface area contributed by atoms with Crippen LogP contribution in [0, 0.1) is 0 Å². The maximum absolute atomic E-state index is 5.08. The molecule has 1 aliphatic heterocycles. The van der Waals surface area contributed by atoms with E-state index >= 15 is 0 Å². The van der Waals surface area contributed by atoms with Crippen LogP contribution in [0.2, 0.25) is 0 Å². The van der Waals surface area contributed by atoms with E-state index in [1.54, 1.807) is 0 Å². The van der Waals surface area contributed by atoms with Crippen molar-refractivity contribution >= 4 is 5.71 Å². The Labute approximate surface area is 68.6 Å². The Bertz CT molecular complexity index is 142. The van der Waals surface area contributed by atoms with Crippen LogP contribution < -0.4 is 0 Å². The van der Waals surface area contributed by atoms with E-state index < -0.39 is 0 Å². The van der Waals surface area contributed by atoms with Gasteiger partial charge in [0.05, 0.1) is 5.71 Å². The smallest absolute Gasteiger partial charge is 0.130 e. The Hall–Kier alpha value is -0.530. The Kier molecular flexibility index (Phi) is 3.40. The van der Waals surface area contributed by atoms with Crippen LogP contribution in [-0.4, -0.2) is 11.8 Å². The van der Waals surface area contributed by atoms with E-state index in [1.165, 1.54) is 25.0 Å². The third-order valence-electron chi connectivity index (χ3n) is 1.95. The van der Waals surface area contributed by atoms with Crippen LogP contribution in [0.4, 0.5) is 0 Å². The maximum Gasteiger partial charge on any atom is 0.130 e. The van der Waals surface area contributed by atoms with Crippen molar-refractivity contribution in [3.8, 4) is 0 Å². The molecule has 0 N–H and O–H groups in total. The van der Waals surface area contributed by atoms with Crippen LogP contribution in [-0.2, 0) is 4.84 Å². The van der Waals surface area contributed by atoms with E-state index in [4.69, 9.17) is 4.84 Å². The van der Waals surface area contributed by atoms with Crippen LogP contribution in [0.25, 0.3) is 0 Å². The Morgan fingerprint density at radius 2 is 2.36 bits per heavy atom. The van der Waals surface area contributed by atoms with Crippen molar-refractivity contribution in [2.45, 2.75) is 52.1 Å². The Morgan fingerprint density at radius 3 is 2.91 bits per heavy atom. The average Bonchev–Trinajstić information content (AvgIpc) is 2.37. The summed E-state index contributed by atoms with van der Waals surface area (Å²) in [6.45, 7) is 4.28. The Balaban J connectivity index is 2.08. The number of rotatable bonds is 4. The number of oxime groups is 1. The third kappa shape index (κ3) is 2.91. The summed E-state index contributed by atoms with van der Waals surface area (Å²) in [5.41, 5.74) is 1.26. The van der Waals surface area contributed by atoms with Crippen molar-refractivity contribution in [3.63, 3.8) is 0 Å². The topological polar surface area (TPSA) is 21.6 Å². The molecule has 0 saturated carbocycles. The molecule has 0 saturated heterocycles. The van der Waals surface area contributed by atoms with Crippen LogP contribution >= 0.6 is 0 Å². The molecule has 1 rings (SSSR count). The summed E-state index contributed by atoms with van der Waals surface area (Å²) >= 11 is 0. The highest BCUT2D eigenvalue weighted by Gasteiger charge is 2.14. The number of unbranched alkanes of at least 4 members (excludes halogenated alkanes) is 2. The van der Waals surface area contributed by atoms with Gasteiger partial charge in [-0.05, 0) is 19.8 Å². The summed E-state index contributed by atoms with van der Waals surface area (Å²) in [7, 11) is 0. The molecule has 0 spiro atoms. The van der Waals surface area contributed by atoms with Gasteiger partial charge in [0.25, 0.3) is 0 Å². The highest BCUT2D eigenvalue weighted by atomic mass is 16.6. The first-order valence-electron chi connectivity index (χ1n) is 4.54. The van der Waals surface area contributed by atoms with Crippen LogP contribution in [0.3, 0.4) is 0 Å². The second-order valence-electron chi connectivity index (χ2n) is 3.23. The molecule has 0 fully saturated rings. The van der Waals surface area contributed by atoms with Gasteiger partial charge in [0.2, 0.25) is 0 Å². The van der Waals surface area contributed by atoms with Crippen molar-refractivity contribution < 1.29 is 4.84 Å². The largest absolute Gasteiger partial charge is 0.392 e. The van der Waals surface area contributed by atoms with E-state index in [0.717, 1.165) is 12.8 Å². The van der Waals surface area contributed by atoms with E-state index in [1.807, 2.05) is 0 Å². The van der Waals surface area contributed by atoms with Gasteiger partial charge in [-0.2, -0.15) is 0 Å². The van der Waals surface area contributed by atoms with Gasteiger partial charge in [-0.15, -0.1) is 0 Å². The van der Waals surface area contributed by atoms with Gasteiger partial charge < -0.3 is 4.84 Å². The third-order valence-corrected chi connectivity index (χ3v) is 1.95. The molecule has 1 aliphatic rings. The summed E-state index contributed by atoms with van der Waals surface area (Å²) in [5.74, 6) is 0. The van der Waals surface area contributed by atoms with E-state index in [0.29, 0.717) is 6.10 Å². The predicted octanol–water partition coefficient (Wildman–Crippen LogP) is 2.73. The number of nitrogens with zero attached hydrogens (tertiary/aromatic N) is 1. The van der Waals surface area contributed by atoms with Gasteiger partial charge in [-0.25, -0.2) is 0 Å². The normalized spacial score (nSPS) is 23.1. The maximum atomic E-state index is 5.08. The lowest BCUT2D eigenvalue weighted by molar-refractivity contribution is 0.0995. The molecule has 0 aromatic rings. The summed E-state index contributed by atoms with van der Waals surface area (Å²) in [6.07, 6.45) is 6.37. The first-order valence-corrected chi connectivity index (χ1v) is 4.54. The fourth-order valence-electron chi connectivity index (χ4n) is 1.30. The van der Waals surface area contributed by atoms with Gasteiger partial charge in [0, 0.05) is 6.42 Å². The molecule has 64 valence electrons. The van der Waals surface area contributed by atoms with Crippen molar-refractivity contribution in [2.24, 2.45) is 5.16 Å². The SMILES string of the molecule is CCCCCC1=NOC(C)C1. The van der Waals surface area contributed by atoms with Gasteiger partial charge in [0.15, 0.2) is 0 Å². The Morgan fingerprint density at radius 1 is 1.55 bits per heavy atom. The minimum atomic E-state index is 0.326. The zero-order valence-electron chi connectivity index (χ0n) is 7.47. The lowest BCUT2D eigenvalue weighted by Crippen LogP contribution is -2.01. The van der Waals surface area contributed by atoms with Crippen LogP contribution in [0.1, 0.15) is 46.0 Å². The molecule has 0 aromatic heterocycles. The fraction of sp³-hybridized carbons (Fsp3) is 0.889. The quantitative estimate of drug-likeness (QED) is 0.572. The molecule has 0 amide bonds. The zero-order valence-corrected chi connectivity index (χ0v) is 7.47. The predicted molar refractivity (Wildman–Crippen MR) is 46.7 cm³/mol. The van der Waals surface area contributed by atoms with Gasteiger partial charge >= 0.3 is 0 Å². The molecular weight excluding hydrogens is 138 g/mol.